The first kappa shape index (κ1) is 19.1. The van der Waals surface area contributed by atoms with Crippen molar-refractivity contribution in [1.29, 1.82) is 0 Å². The van der Waals surface area contributed by atoms with Crippen molar-refractivity contribution in [2.24, 2.45) is 5.92 Å². The smallest absolute Gasteiger partial charge is 0.422 e. The number of aliphatic hydroxyl groups is 1. The molecule has 1 aromatic rings. The Labute approximate surface area is 132 Å². The van der Waals surface area contributed by atoms with E-state index in [4.69, 9.17) is 0 Å². The number of halogens is 3. The molecule has 8 heteroatoms. The van der Waals surface area contributed by atoms with E-state index in [2.05, 4.69) is 15.4 Å². The summed E-state index contributed by atoms with van der Waals surface area (Å²) in [5, 5.41) is 14.3. The zero-order chi connectivity index (χ0) is 17.5. The van der Waals surface area contributed by atoms with E-state index in [1.165, 1.54) is 18.2 Å². The summed E-state index contributed by atoms with van der Waals surface area (Å²) in [6, 6.07) is 5.33. The van der Waals surface area contributed by atoms with E-state index < -0.39 is 24.9 Å². The van der Waals surface area contributed by atoms with Crippen LogP contribution >= 0.6 is 0 Å². The number of benzene rings is 1. The fourth-order valence-corrected chi connectivity index (χ4v) is 1.95. The van der Waals surface area contributed by atoms with Crippen molar-refractivity contribution in [2.45, 2.75) is 32.5 Å². The number of hydrogen-bond donors (Lipinski definition) is 3. The molecule has 0 aromatic heterocycles. The number of ether oxygens (including phenoxy) is 1. The predicted molar refractivity (Wildman–Crippen MR) is 80.5 cm³/mol. The number of urea groups is 1. The van der Waals surface area contributed by atoms with Crippen LogP contribution in [0.1, 0.15) is 20.3 Å². The third-order valence-electron chi connectivity index (χ3n) is 2.88. The Hall–Kier alpha value is -1.96. The van der Waals surface area contributed by atoms with Gasteiger partial charge in [-0.2, -0.15) is 13.2 Å². The minimum atomic E-state index is -4.45. The number of amides is 2. The highest BCUT2D eigenvalue weighted by molar-refractivity contribution is 5.90. The van der Waals surface area contributed by atoms with Crippen LogP contribution in [0.25, 0.3) is 0 Å². The molecule has 2 atom stereocenters. The molecule has 0 unspecified atom stereocenters. The maximum atomic E-state index is 12.2. The highest BCUT2D eigenvalue weighted by Gasteiger charge is 2.28. The second-order valence-electron chi connectivity index (χ2n) is 5.42. The average molecular weight is 334 g/mol. The van der Waals surface area contributed by atoms with Gasteiger partial charge in [0.05, 0.1) is 11.8 Å². The van der Waals surface area contributed by atoms with Crippen LogP contribution in [-0.4, -0.2) is 36.6 Å². The van der Waals surface area contributed by atoms with E-state index in [0.717, 1.165) is 0 Å². The summed E-state index contributed by atoms with van der Waals surface area (Å²) in [5.74, 6) is 0.00878. The Morgan fingerprint density at radius 2 is 1.96 bits per heavy atom. The summed E-state index contributed by atoms with van der Waals surface area (Å²) in [5.41, 5.74) is 0.150. The lowest BCUT2D eigenvalue weighted by Gasteiger charge is -2.16. The third-order valence-corrected chi connectivity index (χ3v) is 2.88. The van der Waals surface area contributed by atoms with Gasteiger partial charge in [-0.1, -0.05) is 19.1 Å². The van der Waals surface area contributed by atoms with Crippen molar-refractivity contribution < 1.29 is 27.8 Å². The van der Waals surface area contributed by atoms with Crippen molar-refractivity contribution in [3.05, 3.63) is 24.3 Å². The maximum absolute atomic E-state index is 12.2. The molecule has 1 rings (SSSR count). The number of rotatable bonds is 7. The van der Waals surface area contributed by atoms with E-state index in [0.29, 0.717) is 13.0 Å². The maximum Gasteiger partial charge on any atom is 0.422 e. The van der Waals surface area contributed by atoms with Gasteiger partial charge in [0, 0.05) is 6.54 Å². The molecule has 3 N–H and O–H groups in total. The molecule has 0 bridgehead atoms. The molecule has 0 aliphatic carbocycles. The first-order valence-electron chi connectivity index (χ1n) is 7.19. The summed E-state index contributed by atoms with van der Waals surface area (Å²) in [7, 11) is 0. The summed E-state index contributed by atoms with van der Waals surface area (Å²) >= 11 is 0. The monoisotopic (exact) mass is 334 g/mol. The van der Waals surface area contributed by atoms with Crippen LogP contribution in [0.5, 0.6) is 5.75 Å². The average Bonchev–Trinajstić information content (AvgIpc) is 2.42. The van der Waals surface area contributed by atoms with E-state index in [9.17, 15) is 23.1 Å². The van der Waals surface area contributed by atoms with Gasteiger partial charge in [-0.05, 0) is 31.4 Å². The molecular formula is C15H21F3N2O3. The second kappa shape index (κ2) is 8.61. The van der Waals surface area contributed by atoms with Crippen LogP contribution in [0.15, 0.2) is 24.3 Å². The van der Waals surface area contributed by atoms with Crippen molar-refractivity contribution >= 4 is 11.7 Å². The van der Waals surface area contributed by atoms with Crippen molar-refractivity contribution in [3.63, 3.8) is 0 Å². The lowest BCUT2D eigenvalue weighted by Crippen LogP contribution is -2.33. The fraction of sp³-hybridized carbons (Fsp3) is 0.533. The van der Waals surface area contributed by atoms with Crippen molar-refractivity contribution in [2.75, 3.05) is 18.5 Å². The Bertz CT molecular complexity index is 507. The number of para-hydroxylation sites is 2. The van der Waals surface area contributed by atoms with Gasteiger partial charge < -0.3 is 20.5 Å². The number of anilines is 1. The molecule has 0 saturated carbocycles. The zero-order valence-corrected chi connectivity index (χ0v) is 13.0. The number of carbonyl (C=O) groups excluding carboxylic acids is 1. The molecule has 5 nitrogen and oxygen atoms in total. The molecule has 0 saturated heterocycles. The summed E-state index contributed by atoms with van der Waals surface area (Å²) in [6.07, 6.45) is -4.39. The quantitative estimate of drug-likeness (QED) is 0.717. The fourth-order valence-electron chi connectivity index (χ4n) is 1.95. The minimum absolute atomic E-state index is 0.0583. The molecule has 1 aromatic carbocycles. The number of carbonyl (C=O) groups is 1. The van der Waals surface area contributed by atoms with E-state index in [1.807, 2.05) is 6.92 Å². The van der Waals surface area contributed by atoms with Crippen LogP contribution in [0.3, 0.4) is 0 Å². The highest BCUT2D eigenvalue weighted by Crippen LogP contribution is 2.26. The van der Waals surface area contributed by atoms with Crippen molar-refractivity contribution in [3.8, 4) is 5.75 Å². The lowest BCUT2D eigenvalue weighted by molar-refractivity contribution is -0.153. The Morgan fingerprint density at radius 3 is 2.57 bits per heavy atom. The number of hydrogen-bond acceptors (Lipinski definition) is 3. The van der Waals surface area contributed by atoms with Crippen LogP contribution in [0.2, 0.25) is 0 Å². The number of alkyl halides is 3. The topological polar surface area (TPSA) is 70.6 Å². The van der Waals surface area contributed by atoms with Gasteiger partial charge in [0.15, 0.2) is 6.61 Å². The van der Waals surface area contributed by atoms with Gasteiger partial charge in [0.1, 0.15) is 5.75 Å². The first-order valence-corrected chi connectivity index (χ1v) is 7.19. The lowest BCUT2D eigenvalue weighted by atomic mass is 10.1. The number of aliphatic hydroxyl groups excluding tert-OH is 1. The third kappa shape index (κ3) is 8.29. The summed E-state index contributed by atoms with van der Waals surface area (Å²) < 4.78 is 41.3. The molecule has 0 aliphatic rings. The first-order chi connectivity index (χ1) is 10.7. The predicted octanol–water partition coefficient (Wildman–Crippen LogP) is 3.16. The van der Waals surface area contributed by atoms with Gasteiger partial charge >= 0.3 is 12.2 Å². The molecule has 0 aliphatic heterocycles. The largest absolute Gasteiger partial charge is 0.482 e. The summed E-state index contributed by atoms with van der Waals surface area (Å²) in [4.78, 5) is 11.8. The molecule has 130 valence electrons. The molecule has 23 heavy (non-hydrogen) atoms. The normalized spacial score (nSPS) is 14.0. The SMILES string of the molecule is C[C@@H](CNC(=O)Nc1ccccc1OCC(F)(F)F)C[C@H](C)O. The standard InChI is InChI=1S/C15H21F3N2O3/c1-10(7-11(2)21)8-19-14(22)20-12-5-3-4-6-13(12)23-9-15(16,17)18/h3-6,10-11,21H,7-9H2,1-2H3,(H2,19,20,22)/t10-,11+/m1/s1. The van der Waals surface area contributed by atoms with Gasteiger partial charge in [-0.25, -0.2) is 4.79 Å². The second-order valence-corrected chi connectivity index (χ2v) is 5.42. The molecule has 0 heterocycles. The Balaban J connectivity index is 2.54. The molecule has 0 radical (unpaired) electrons. The molecule has 0 fully saturated rings. The highest BCUT2D eigenvalue weighted by atomic mass is 19.4. The Kier molecular flexibility index (Phi) is 7.15. The van der Waals surface area contributed by atoms with E-state index in [-0.39, 0.29) is 17.4 Å². The summed E-state index contributed by atoms with van der Waals surface area (Å²) in [6.45, 7) is 2.43. The van der Waals surface area contributed by atoms with Crippen LogP contribution in [0.4, 0.5) is 23.7 Å². The van der Waals surface area contributed by atoms with Gasteiger partial charge in [-0.3, -0.25) is 0 Å². The van der Waals surface area contributed by atoms with E-state index >= 15 is 0 Å². The number of nitrogens with one attached hydrogen (secondary N) is 2. The molecular weight excluding hydrogens is 313 g/mol. The Morgan fingerprint density at radius 1 is 1.30 bits per heavy atom. The minimum Gasteiger partial charge on any atom is -0.482 e. The van der Waals surface area contributed by atoms with Gasteiger partial charge in [0.25, 0.3) is 0 Å². The van der Waals surface area contributed by atoms with Crippen molar-refractivity contribution in [1.82, 2.24) is 5.32 Å². The molecule has 2 amide bonds. The zero-order valence-electron chi connectivity index (χ0n) is 13.0. The van der Waals surface area contributed by atoms with Gasteiger partial charge in [-0.15, -0.1) is 0 Å². The van der Waals surface area contributed by atoms with Gasteiger partial charge in [0.2, 0.25) is 0 Å². The molecule has 0 spiro atoms. The van der Waals surface area contributed by atoms with Crippen LogP contribution < -0.4 is 15.4 Å². The van der Waals surface area contributed by atoms with Crippen LogP contribution in [-0.2, 0) is 0 Å². The van der Waals surface area contributed by atoms with E-state index in [1.54, 1.807) is 13.0 Å². The van der Waals surface area contributed by atoms with Crippen LogP contribution in [0, 0.1) is 5.92 Å².